The maximum Gasteiger partial charge on any atom is 0.161 e. The van der Waals surface area contributed by atoms with Crippen molar-refractivity contribution in [3.05, 3.63) is 29.3 Å². The van der Waals surface area contributed by atoms with Gasteiger partial charge in [-0.15, -0.1) is 0 Å². The Morgan fingerprint density at radius 3 is 2.86 bits per heavy atom. The molecule has 21 heavy (non-hydrogen) atoms. The second kappa shape index (κ2) is 7.80. The average molecular weight is 286 g/mol. The fraction of sp³-hybridized carbons (Fsp3) is 0.529. The van der Waals surface area contributed by atoms with Crippen molar-refractivity contribution in [2.75, 3.05) is 18.5 Å². The van der Waals surface area contributed by atoms with Crippen LogP contribution < -0.4 is 5.32 Å². The molecule has 0 amide bonds. The van der Waals surface area contributed by atoms with E-state index in [4.69, 9.17) is 10.00 Å². The van der Waals surface area contributed by atoms with Crippen molar-refractivity contribution in [3.8, 4) is 6.07 Å². The molecular weight excluding hydrogens is 264 g/mol. The van der Waals surface area contributed by atoms with E-state index in [1.165, 1.54) is 32.6 Å². The van der Waals surface area contributed by atoms with E-state index >= 15 is 0 Å². The molecule has 1 fully saturated rings. The van der Waals surface area contributed by atoms with Gasteiger partial charge in [0.15, 0.2) is 5.78 Å². The van der Waals surface area contributed by atoms with Gasteiger partial charge in [-0.05, 0) is 44.4 Å². The summed E-state index contributed by atoms with van der Waals surface area (Å²) in [6.07, 6.45) is 6.28. The summed E-state index contributed by atoms with van der Waals surface area (Å²) in [6, 6.07) is 7.21. The molecule has 1 saturated carbocycles. The molecule has 0 atom stereocenters. The third kappa shape index (κ3) is 4.57. The highest BCUT2D eigenvalue weighted by atomic mass is 16.5. The zero-order valence-electron chi connectivity index (χ0n) is 12.5. The van der Waals surface area contributed by atoms with Crippen molar-refractivity contribution >= 4 is 11.5 Å². The normalized spacial score (nSPS) is 14.9. The summed E-state index contributed by atoms with van der Waals surface area (Å²) in [5.74, 6) is 0.00388. The summed E-state index contributed by atoms with van der Waals surface area (Å²) >= 11 is 0. The Morgan fingerprint density at radius 2 is 2.19 bits per heavy atom. The first-order chi connectivity index (χ1) is 10.2. The number of Topliss-reactive ketones (excluding diaryl/α,β-unsaturated/α-hetero) is 1. The van der Waals surface area contributed by atoms with E-state index in [1.807, 2.05) is 0 Å². The molecule has 1 aliphatic carbocycles. The van der Waals surface area contributed by atoms with Gasteiger partial charge in [0, 0.05) is 24.4 Å². The summed E-state index contributed by atoms with van der Waals surface area (Å²) in [6.45, 7) is 3.02. The minimum Gasteiger partial charge on any atom is -0.384 e. The lowest BCUT2D eigenvalue weighted by atomic mass is 10.1. The van der Waals surface area contributed by atoms with Gasteiger partial charge in [-0.3, -0.25) is 4.79 Å². The van der Waals surface area contributed by atoms with Crippen LogP contribution in [0.2, 0.25) is 0 Å². The minimum atomic E-state index is 0.00388. The first-order valence-electron chi connectivity index (χ1n) is 7.61. The third-order valence-electron chi connectivity index (χ3n) is 3.82. The number of hydrogen-bond donors (Lipinski definition) is 1. The molecule has 0 bridgehead atoms. The molecule has 0 saturated heterocycles. The zero-order chi connectivity index (χ0) is 15.1. The monoisotopic (exact) mass is 286 g/mol. The van der Waals surface area contributed by atoms with Crippen LogP contribution in [0.15, 0.2) is 18.2 Å². The van der Waals surface area contributed by atoms with E-state index in [1.54, 1.807) is 18.2 Å². The predicted molar refractivity (Wildman–Crippen MR) is 82.5 cm³/mol. The topological polar surface area (TPSA) is 62.1 Å². The number of nitriles is 1. The number of benzene rings is 1. The summed E-state index contributed by atoms with van der Waals surface area (Å²) in [5.41, 5.74) is 1.93. The number of hydrogen-bond acceptors (Lipinski definition) is 4. The van der Waals surface area contributed by atoms with Gasteiger partial charge in [0.1, 0.15) is 0 Å². The molecule has 4 nitrogen and oxygen atoms in total. The van der Waals surface area contributed by atoms with E-state index in [-0.39, 0.29) is 5.78 Å². The molecule has 0 spiro atoms. The van der Waals surface area contributed by atoms with Crippen LogP contribution in [0, 0.1) is 11.3 Å². The van der Waals surface area contributed by atoms with Gasteiger partial charge < -0.3 is 10.1 Å². The molecule has 0 aromatic heterocycles. The third-order valence-corrected chi connectivity index (χ3v) is 3.82. The molecule has 0 heterocycles. The van der Waals surface area contributed by atoms with Gasteiger partial charge in [-0.25, -0.2) is 0 Å². The Balaban J connectivity index is 1.81. The SMILES string of the molecule is CC(=O)c1ccc(C#N)cc1NCCCOC1CCCC1. The number of carbonyl (C=O) groups excluding carboxylic acids is 1. The van der Waals surface area contributed by atoms with Crippen LogP contribution in [0.25, 0.3) is 0 Å². The van der Waals surface area contributed by atoms with Gasteiger partial charge in [-0.1, -0.05) is 12.8 Å². The van der Waals surface area contributed by atoms with Crippen LogP contribution in [0.3, 0.4) is 0 Å². The summed E-state index contributed by atoms with van der Waals surface area (Å²) in [4.78, 5) is 11.6. The van der Waals surface area contributed by atoms with E-state index in [0.29, 0.717) is 17.2 Å². The number of anilines is 1. The first kappa shape index (κ1) is 15.5. The Bertz CT molecular complexity index is 528. The van der Waals surface area contributed by atoms with Crippen LogP contribution in [0.4, 0.5) is 5.69 Å². The van der Waals surface area contributed by atoms with Crippen LogP contribution in [-0.2, 0) is 4.74 Å². The number of carbonyl (C=O) groups is 1. The Labute approximate surface area is 126 Å². The molecule has 1 N–H and O–H groups in total. The number of rotatable bonds is 7. The Hall–Kier alpha value is -1.86. The van der Waals surface area contributed by atoms with E-state index in [0.717, 1.165) is 25.3 Å². The highest BCUT2D eigenvalue weighted by molar-refractivity contribution is 5.99. The first-order valence-corrected chi connectivity index (χ1v) is 7.61. The van der Waals surface area contributed by atoms with E-state index in [9.17, 15) is 4.79 Å². The van der Waals surface area contributed by atoms with Gasteiger partial charge in [0.25, 0.3) is 0 Å². The molecule has 4 heteroatoms. The number of ketones is 1. The lowest BCUT2D eigenvalue weighted by molar-refractivity contribution is 0.0583. The second-order valence-electron chi connectivity index (χ2n) is 5.49. The van der Waals surface area contributed by atoms with Crippen molar-refractivity contribution in [3.63, 3.8) is 0 Å². The molecule has 0 unspecified atom stereocenters. The largest absolute Gasteiger partial charge is 0.384 e. The highest BCUT2D eigenvalue weighted by Crippen LogP contribution is 2.21. The van der Waals surface area contributed by atoms with Gasteiger partial charge >= 0.3 is 0 Å². The molecule has 1 aromatic rings. The number of nitrogens with one attached hydrogen (secondary N) is 1. The van der Waals surface area contributed by atoms with Crippen molar-refractivity contribution in [1.29, 1.82) is 5.26 Å². The molecule has 0 radical (unpaired) electrons. The van der Waals surface area contributed by atoms with Crippen LogP contribution in [0.5, 0.6) is 0 Å². The summed E-state index contributed by atoms with van der Waals surface area (Å²) in [5, 5.41) is 12.2. The lowest BCUT2D eigenvalue weighted by Gasteiger charge is -2.13. The Morgan fingerprint density at radius 1 is 1.43 bits per heavy atom. The van der Waals surface area contributed by atoms with E-state index < -0.39 is 0 Å². The Kier molecular flexibility index (Phi) is 5.77. The van der Waals surface area contributed by atoms with Crippen molar-refractivity contribution in [2.24, 2.45) is 0 Å². The second-order valence-corrected chi connectivity index (χ2v) is 5.49. The summed E-state index contributed by atoms with van der Waals surface area (Å²) < 4.78 is 5.80. The molecule has 2 rings (SSSR count). The predicted octanol–water partition coefficient (Wildman–Crippen LogP) is 3.52. The smallest absolute Gasteiger partial charge is 0.161 e. The zero-order valence-corrected chi connectivity index (χ0v) is 12.5. The molecular formula is C17H22N2O2. The van der Waals surface area contributed by atoms with Gasteiger partial charge in [0.2, 0.25) is 0 Å². The van der Waals surface area contributed by atoms with Gasteiger partial charge in [-0.2, -0.15) is 5.26 Å². The highest BCUT2D eigenvalue weighted by Gasteiger charge is 2.14. The molecule has 1 aliphatic rings. The molecule has 1 aromatic carbocycles. The quantitative estimate of drug-likeness (QED) is 0.615. The lowest BCUT2D eigenvalue weighted by Crippen LogP contribution is -2.13. The summed E-state index contributed by atoms with van der Waals surface area (Å²) in [7, 11) is 0. The van der Waals surface area contributed by atoms with Crippen LogP contribution in [-0.4, -0.2) is 25.0 Å². The maximum atomic E-state index is 11.6. The van der Waals surface area contributed by atoms with E-state index in [2.05, 4.69) is 11.4 Å². The average Bonchev–Trinajstić information content (AvgIpc) is 2.99. The molecule has 0 aliphatic heterocycles. The maximum absolute atomic E-state index is 11.6. The van der Waals surface area contributed by atoms with Crippen LogP contribution >= 0.6 is 0 Å². The van der Waals surface area contributed by atoms with Crippen molar-refractivity contribution in [2.45, 2.75) is 45.1 Å². The molecule has 112 valence electrons. The van der Waals surface area contributed by atoms with Crippen LogP contribution in [0.1, 0.15) is 54.9 Å². The standard InChI is InChI=1S/C17H22N2O2/c1-13(20)16-8-7-14(12-18)11-17(16)19-9-4-10-21-15-5-2-3-6-15/h7-8,11,15,19H,2-6,9-10H2,1H3. The minimum absolute atomic E-state index is 0.00388. The van der Waals surface area contributed by atoms with Crippen molar-refractivity contribution in [1.82, 2.24) is 0 Å². The van der Waals surface area contributed by atoms with Gasteiger partial charge in [0.05, 0.1) is 17.7 Å². The fourth-order valence-corrected chi connectivity index (χ4v) is 2.67. The number of nitrogens with zero attached hydrogens (tertiary/aromatic N) is 1. The fourth-order valence-electron chi connectivity index (χ4n) is 2.67. The number of ether oxygens (including phenoxy) is 1. The van der Waals surface area contributed by atoms with Crippen molar-refractivity contribution < 1.29 is 9.53 Å².